The molecule has 1 atom stereocenters. The lowest BCUT2D eigenvalue weighted by molar-refractivity contribution is 0.516. The third-order valence-electron chi connectivity index (χ3n) is 0. The van der Waals surface area contributed by atoms with Gasteiger partial charge in [-0.25, -0.2) is 0 Å². The van der Waals surface area contributed by atoms with Crippen molar-refractivity contribution in [2.75, 3.05) is 0 Å². The van der Waals surface area contributed by atoms with Crippen LogP contribution in [0.1, 0.15) is 0 Å². The first-order valence-electron chi connectivity index (χ1n) is 0.721. The third-order valence-corrected chi connectivity index (χ3v) is 0. The Morgan fingerprint density at radius 3 is 2.00 bits per heavy atom. The SMILES string of the molecule is O=P(O)(Cl)I. The molecular formula is HClIO2P. The first-order valence-corrected chi connectivity index (χ1v) is 6.07. The van der Waals surface area contributed by atoms with Crippen LogP contribution in [0.3, 0.4) is 0 Å². The highest BCUT2D eigenvalue weighted by atomic mass is 127. The minimum atomic E-state index is -3.20. The number of hydrogen-bond donors (Lipinski definition) is 1. The molecule has 1 unspecified atom stereocenters. The van der Waals surface area contributed by atoms with E-state index in [0.717, 1.165) is 0 Å². The Morgan fingerprint density at radius 1 is 2.00 bits per heavy atom. The zero-order chi connectivity index (χ0) is 4.50. The highest BCUT2D eigenvalue weighted by molar-refractivity contribution is 14.2. The Labute approximate surface area is 47.2 Å². The molecule has 0 aliphatic carbocycles. The van der Waals surface area contributed by atoms with Gasteiger partial charge in [0.05, 0.1) is 0 Å². The van der Waals surface area contributed by atoms with E-state index in [1.165, 1.54) is 22.0 Å². The minimum absolute atomic E-state index is 1.25. The molecule has 0 rings (SSSR count). The molecule has 1 N–H and O–H groups in total. The van der Waals surface area contributed by atoms with Gasteiger partial charge in [-0.1, -0.05) is 0 Å². The van der Waals surface area contributed by atoms with E-state index < -0.39 is 4.36 Å². The summed E-state index contributed by atoms with van der Waals surface area (Å²) in [5.74, 6) is 0. The summed E-state index contributed by atoms with van der Waals surface area (Å²) in [4.78, 5) is 7.83. The van der Waals surface area contributed by atoms with E-state index >= 15 is 0 Å². The van der Waals surface area contributed by atoms with Crippen LogP contribution in [0.4, 0.5) is 0 Å². The maximum atomic E-state index is 9.52. The van der Waals surface area contributed by atoms with Crippen molar-refractivity contribution in [3.63, 3.8) is 0 Å². The van der Waals surface area contributed by atoms with Gasteiger partial charge in [0, 0.05) is 22.0 Å². The van der Waals surface area contributed by atoms with Crippen molar-refractivity contribution in [3.8, 4) is 0 Å². The van der Waals surface area contributed by atoms with Crippen molar-refractivity contribution in [3.05, 3.63) is 0 Å². The standard InChI is InChI=1S/ClHIO2P/c1-5(2,3)4/h(H,3,4). The number of halogens is 2. The van der Waals surface area contributed by atoms with E-state index in [0.29, 0.717) is 0 Å². The second-order valence-electron chi connectivity index (χ2n) is 0.435. The van der Waals surface area contributed by atoms with E-state index in [1.54, 1.807) is 0 Å². The van der Waals surface area contributed by atoms with E-state index in [2.05, 4.69) is 11.2 Å². The predicted molar refractivity (Wildman–Crippen MR) is 29.7 cm³/mol. The lowest BCUT2D eigenvalue weighted by Crippen LogP contribution is -1.38. The molecule has 0 saturated heterocycles. The smallest absolute Gasteiger partial charge is 0.326 e. The zero-order valence-electron chi connectivity index (χ0n) is 2.06. The Balaban J connectivity index is 3.47. The molecule has 0 amide bonds. The van der Waals surface area contributed by atoms with Gasteiger partial charge in [-0.2, -0.15) is 0 Å². The van der Waals surface area contributed by atoms with Gasteiger partial charge < -0.3 is 4.89 Å². The van der Waals surface area contributed by atoms with Gasteiger partial charge in [0.15, 0.2) is 0 Å². The lowest BCUT2D eigenvalue weighted by atomic mass is 15.9. The van der Waals surface area contributed by atoms with Gasteiger partial charge in [0.1, 0.15) is 0 Å². The average molecular weight is 226 g/mol. The molecule has 0 aromatic rings. The molecule has 0 aliphatic heterocycles. The van der Waals surface area contributed by atoms with Crippen molar-refractivity contribution < 1.29 is 9.46 Å². The van der Waals surface area contributed by atoms with Gasteiger partial charge >= 0.3 is 4.36 Å². The summed E-state index contributed by atoms with van der Waals surface area (Å²) in [6, 6.07) is 0. The Bertz CT molecular complexity index is 55.8. The molecule has 0 radical (unpaired) electrons. The van der Waals surface area contributed by atoms with Crippen LogP contribution in [0.5, 0.6) is 0 Å². The summed E-state index contributed by atoms with van der Waals surface area (Å²) >= 11 is 5.88. The van der Waals surface area contributed by atoms with Gasteiger partial charge in [-0.05, 0) is 11.2 Å². The Morgan fingerprint density at radius 2 is 2.00 bits per heavy atom. The summed E-state index contributed by atoms with van der Waals surface area (Å²) in [5, 5.41) is 0. The van der Waals surface area contributed by atoms with Gasteiger partial charge in [-0.3, -0.25) is 4.57 Å². The second kappa shape index (κ2) is 1.78. The molecule has 0 spiro atoms. The molecular weight excluding hydrogens is 225 g/mol. The van der Waals surface area contributed by atoms with Gasteiger partial charge in [0.25, 0.3) is 0 Å². The molecule has 0 aromatic heterocycles. The van der Waals surface area contributed by atoms with Crippen molar-refractivity contribution >= 4 is 37.6 Å². The third kappa shape index (κ3) is 36.7. The van der Waals surface area contributed by atoms with Crippen LogP contribution in [0.15, 0.2) is 0 Å². The fourth-order valence-electron chi connectivity index (χ4n) is 0. The van der Waals surface area contributed by atoms with E-state index in [-0.39, 0.29) is 0 Å². The van der Waals surface area contributed by atoms with E-state index in [4.69, 9.17) is 4.89 Å². The van der Waals surface area contributed by atoms with Crippen molar-refractivity contribution in [1.82, 2.24) is 0 Å². The average Bonchev–Trinajstić information content (AvgIpc) is 0.722. The first-order chi connectivity index (χ1) is 2.00. The molecule has 0 heterocycles. The molecule has 0 aromatic carbocycles. The lowest BCUT2D eigenvalue weighted by Gasteiger charge is -1.78. The largest absolute Gasteiger partial charge is 0.344 e. The monoisotopic (exact) mass is 226 g/mol. The van der Waals surface area contributed by atoms with Crippen molar-refractivity contribution in [2.45, 2.75) is 0 Å². The highest BCUT2D eigenvalue weighted by Gasteiger charge is 2.00. The molecule has 0 fully saturated rings. The summed E-state index contributed by atoms with van der Waals surface area (Å²) in [6.07, 6.45) is 0. The Kier molecular flexibility index (Phi) is 2.21. The summed E-state index contributed by atoms with van der Waals surface area (Å²) < 4.78 is 6.33. The van der Waals surface area contributed by atoms with Crippen molar-refractivity contribution in [2.24, 2.45) is 0 Å². The maximum absolute atomic E-state index is 9.52. The first kappa shape index (κ1) is 6.21. The molecule has 32 valence electrons. The topological polar surface area (TPSA) is 37.3 Å². The molecule has 0 saturated carbocycles. The maximum Gasteiger partial charge on any atom is 0.344 e. The summed E-state index contributed by atoms with van der Waals surface area (Å²) in [5.41, 5.74) is 0. The van der Waals surface area contributed by atoms with Crippen LogP contribution < -0.4 is 0 Å². The normalized spacial score (nSPS) is 21.4. The Hall–Kier alpha value is 1.21. The molecule has 0 aliphatic rings. The quantitative estimate of drug-likeness (QED) is 0.505. The van der Waals surface area contributed by atoms with Crippen molar-refractivity contribution in [1.29, 1.82) is 0 Å². The number of hydrogen-bond acceptors (Lipinski definition) is 1. The summed E-state index contributed by atoms with van der Waals surface area (Å²) in [6.45, 7) is 0. The molecule has 2 nitrogen and oxygen atoms in total. The van der Waals surface area contributed by atoms with E-state index in [9.17, 15) is 4.57 Å². The van der Waals surface area contributed by atoms with Gasteiger partial charge in [-0.15, -0.1) is 0 Å². The zero-order valence-corrected chi connectivity index (χ0v) is 5.87. The fraction of sp³-hybridized carbons (Fsp3) is 0. The fourth-order valence-corrected chi connectivity index (χ4v) is 0. The minimum Gasteiger partial charge on any atom is -0.326 e. The second-order valence-corrected chi connectivity index (χ2v) is 8.31. The van der Waals surface area contributed by atoms with Crippen LogP contribution in [0, 0.1) is 0 Å². The number of rotatable bonds is 0. The molecule has 0 bridgehead atoms. The molecule has 5 heteroatoms. The van der Waals surface area contributed by atoms with Crippen LogP contribution in [-0.2, 0) is 4.57 Å². The van der Waals surface area contributed by atoms with Gasteiger partial charge in [0.2, 0.25) is 0 Å². The van der Waals surface area contributed by atoms with Crippen LogP contribution in [0.25, 0.3) is 0 Å². The predicted octanol–water partition coefficient (Wildman–Crippen LogP) is 1.76. The molecule has 5 heavy (non-hydrogen) atoms. The highest BCUT2D eigenvalue weighted by Crippen LogP contribution is 2.55. The summed E-state index contributed by atoms with van der Waals surface area (Å²) in [7, 11) is 0. The van der Waals surface area contributed by atoms with E-state index in [1.807, 2.05) is 0 Å². The van der Waals surface area contributed by atoms with Crippen LogP contribution in [0.2, 0.25) is 0 Å². The van der Waals surface area contributed by atoms with Crippen LogP contribution in [-0.4, -0.2) is 4.89 Å². The van der Waals surface area contributed by atoms with Crippen LogP contribution >= 0.6 is 37.6 Å².